The Kier molecular flexibility index (Phi) is 4.46. The van der Waals surface area contributed by atoms with Gasteiger partial charge in [-0.1, -0.05) is 32.9 Å². The summed E-state index contributed by atoms with van der Waals surface area (Å²) in [7, 11) is 0. The van der Waals surface area contributed by atoms with Crippen molar-refractivity contribution in [2.75, 3.05) is 0 Å². The van der Waals surface area contributed by atoms with Gasteiger partial charge in [0.25, 0.3) is 0 Å². The Balaban J connectivity index is 2.55. The molecule has 0 unspecified atom stereocenters. The minimum Gasteiger partial charge on any atom is -0.351 e. The van der Waals surface area contributed by atoms with Gasteiger partial charge in [0.2, 0.25) is 5.91 Å². The predicted octanol–water partition coefficient (Wildman–Crippen LogP) is 1.55. The Bertz CT molecular complexity index is 451. The Hall–Kier alpha value is -1.86. The van der Waals surface area contributed by atoms with Gasteiger partial charge in [-0.05, 0) is 23.1 Å². The van der Waals surface area contributed by atoms with E-state index in [-0.39, 0.29) is 11.3 Å². The van der Waals surface area contributed by atoms with Crippen molar-refractivity contribution < 1.29 is 4.79 Å². The molecule has 0 heterocycles. The van der Waals surface area contributed by atoms with Gasteiger partial charge in [0.05, 0.1) is 17.7 Å². The number of nitrogens with zero attached hydrogens (tertiary/aromatic N) is 1. The minimum absolute atomic E-state index is 0.160. The molecule has 1 aromatic carbocycles. The molecule has 0 fully saturated rings. The molecule has 0 aliphatic rings. The maximum absolute atomic E-state index is 11.8. The summed E-state index contributed by atoms with van der Waals surface area (Å²) in [6.07, 6.45) is 0. The van der Waals surface area contributed by atoms with Crippen LogP contribution in [-0.2, 0) is 11.3 Å². The van der Waals surface area contributed by atoms with Crippen LogP contribution in [0, 0.1) is 16.7 Å². The fraction of sp³-hybridized carbons (Fsp3) is 0.429. The molecule has 0 aromatic heterocycles. The van der Waals surface area contributed by atoms with Crippen LogP contribution in [-0.4, -0.2) is 11.9 Å². The average molecular weight is 245 g/mol. The highest BCUT2D eigenvalue weighted by molar-refractivity contribution is 5.82. The normalized spacial score (nSPS) is 12.6. The molecule has 0 aliphatic heterocycles. The predicted molar refractivity (Wildman–Crippen MR) is 70.4 cm³/mol. The summed E-state index contributed by atoms with van der Waals surface area (Å²) in [6.45, 7) is 6.21. The third kappa shape index (κ3) is 3.86. The fourth-order valence-electron chi connectivity index (χ4n) is 1.39. The van der Waals surface area contributed by atoms with Gasteiger partial charge in [0.1, 0.15) is 0 Å². The summed E-state index contributed by atoms with van der Waals surface area (Å²) in [6, 6.07) is 8.61. The average Bonchev–Trinajstić information content (AvgIpc) is 2.34. The number of nitrogens with two attached hydrogens (primary N) is 1. The van der Waals surface area contributed by atoms with Crippen LogP contribution in [0.3, 0.4) is 0 Å². The number of hydrogen-bond donors (Lipinski definition) is 2. The maximum Gasteiger partial charge on any atom is 0.237 e. The van der Waals surface area contributed by atoms with Crippen LogP contribution in [0.1, 0.15) is 31.9 Å². The second kappa shape index (κ2) is 5.65. The quantitative estimate of drug-likeness (QED) is 0.848. The highest BCUT2D eigenvalue weighted by Crippen LogP contribution is 2.17. The van der Waals surface area contributed by atoms with Crippen LogP contribution in [0.2, 0.25) is 0 Å². The summed E-state index contributed by atoms with van der Waals surface area (Å²) in [5.74, 6) is -0.160. The van der Waals surface area contributed by atoms with Crippen LogP contribution >= 0.6 is 0 Å². The van der Waals surface area contributed by atoms with Gasteiger partial charge in [-0.15, -0.1) is 0 Å². The summed E-state index contributed by atoms with van der Waals surface area (Å²) in [5, 5.41) is 11.5. The van der Waals surface area contributed by atoms with Crippen molar-refractivity contribution in [3.05, 3.63) is 35.4 Å². The van der Waals surface area contributed by atoms with Crippen molar-refractivity contribution in [1.82, 2.24) is 5.32 Å². The lowest BCUT2D eigenvalue weighted by Crippen LogP contribution is -2.48. The number of benzene rings is 1. The molecule has 0 saturated heterocycles. The highest BCUT2D eigenvalue weighted by atomic mass is 16.2. The molecule has 1 atom stereocenters. The van der Waals surface area contributed by atoms with Crippen LogP contribution < -0.4 is 11.1 Å². The highest BCUT2D eigenvalue weighted by Gasteiger charge is 2.26. The van der Waals surface area contributed by atoms with Gasteiger partial charge >= 0.3 is 0 Å². The summed E-state index contributed by atoms with van der Waals surface area (Å²) in [4.78, 5) is 11.8. The van der Waals surface area contributed by atoms with E-state index >= 15 is 0 Å². The van der Waals surface area contributed by atoms with Crippen LogP contribution in [0.5, 0.6) is 0 Å². The second-order valence-electron chi connectivity index (χ2n) is 5.37. The van der Waals surface area contributed by atoms with Crippen molar-refractivity contribution in [3.8, 4) is 6.07 Å². The summed E-state index contributed by atoms with van der Waals surface area (Å²) >= 11 is 0. The van der Waals surface area contributed by atoms with E-state index in [1.54, 1.807) is 12.1 Å². The Morgan fingerprint density at radius 3 is 2.39 bits per heavy atom. The van der Waals surface area contributed by atoms with Gasteiger partial charge in [-0.2, -0.15) is 5.26 Å². The minimum atomic E-state index is -0.532. The zero-order valence-corrected chi connectivity index (χ0v) is 11.0. The number of carbonyl (C=O) groups is 1. The SMILES string of the molecule is CC(C)(C)[C@H](N)C(=O)NCc1ccc(C#N)cc1. The van der Waals surface area contributed by atoms with E-state index in [1.807, 2.05) is 39.0 Å². The summed E-state index contributed by atoms with van der Waals surface area (Å²) < 4.78 is 0. The van der Waals surface area contributed by atoms with Crippen molar-refractivity contribution in [2.24, 2.45) is 11.1 Å². The van der Waals surface area contributed by atoms with E-state index in [9.17, 15) is 4.79 Å². The van der Waals surface area contributed by atoms with Gasteiger partial charge in [-0.25, -0.2) is 0 Å². The van der Waals surface area contributed by atoms with Crippen molar-refractivity contribution >= 4 is 5.91 Å². The first kappa shape index (κ1) is 14.2. The van der Waals surface area contributed by atoms with Gasteiger partial charge < -0.3 is 11.1 Å². The molecule has 96 valence electrons. The maximum atomic E-state index is 11.8. The lowest BCUT2D eigenvalue weighted by molar-refractivity contribution is -0.124. The first-order valence-corrected chi connectivity index (χ1v) is 5.87. The molecule has 3 N–H and O–H groups in total. The van der Waals surface area contributed by atoms with Crippen molar-refractivity contribution in [1.29, 1.82) is 5.26 Å². The molecule has 18 heavy (non-hydrogen) atoms. The number of rotatable bonds is 3. The van der Waals surface area contributed by atoms with E-state index in [0.717, 1.165) is 5.56 Å². The first-order chi connectivity index (χ1) is 8.34. The van der Waals surface area contributed by atoms with Crippen LogP contribution in [0.15, 0.2) is 24.3 Å². The smallest absolute Gasteiger partial charge is 0.237 e. The van der Waals surface area contributed by atoms with E-state index in [2.05, 4.69) is 5.32 Å². The Morgan fingerprint density at radius 1 is 1.39 bits per heavy atom. The van der Waals surface area contributed by atoms with E-state index in [0.29, 0.717) is 12.1 Å². The number of nitriles is 1. The molecule has 4 heteroatoms. The lowest BCUT2D eigenvalue weighted by Gasteiger charge is -2.25. The van der Waals surface area contributed by atoms with Crippen LogP contribution in [0.25, 0.3) is 0 Å². The lowest BCUT2D eigenvalue weighted by atomic mass is 9.87. The topological polar surface area (TPSA) is 78.9 Å². The number of carbonyl (C=O) groups excluding carboxylic acids is 1. The standard InChI is InChI=1S/C14H19N3O/c1-14(2,3)12(16)13(18)17-9-11-6-4-10(8-15)5-7-11/h4-7,12H,9,16H2,1-3H3,(H,17,18)/t12-/m1/s1. The fourth-order valence-corrected chi connectivity index (χ4v) is 1.39. The summed E-state index contributed by atoms with van der Waals surface area (Å²) in [5.41, 5.74) is 7.15. The van der Waals surface area contributed by atoms with Crippen molar-refractivity contribution in [3.63, 3.8) is 0 Å². The van der Waals surface area contributed by atoms with E-state index in [1.165, 1.54) is 0 Å². The Labute approximate surface area is 108 Å². The Morgan fingerprint density at radius 2 is 1.94 bits per heavy atom. The monoisotopic (exact) mass is 245 g/mol. The molecule has 0 aliphatic carbocycles. The molecule has 4 nitrogen and oxygen atoms in total. The molecule has 1 aromatic rings. The van der Waals surface area contributed by atoms with Crippen molar-refractivity contribution in [2.45, 2.75) is 33.4 Å². The molecule has 0 spiro atoms. The first-order valence-electron chi connectivity index (χ1n) is 5.87. The van der Waals surface area contributed by atoms with Gasteiger partial charge in [0.15, 0.2) is 0 Å². The molecular weight excluding hydrogens is 226 g/mol. The molecule has 1 amide bonds. The number of nitrogens with one attached hydrogen (secondary N) is 1. The number of hydrogen-bond acceptors (Lipinski definition) is 3. The third-order valence-corrected chi connectivity index (χ3v) is 2.77. The number of amides is 1. The third-order valence-electron chi connectivity index (χ3n) is 2.77. The zero-order valence-electron chi connectivity index (χ0n) is 11.0. The largest absolute Gasteiger partial charge is 0.351 e. The molecule has 1 rings (SSSR count). The van der Waals surface area contributed by atoms with Crippen LogP contribution in [0.4, 0.5) is 0 Å². The zero-order chi connectivity index (χ0) is 13.8. The van der Waals surface area contributed by atoms with Gasteiger partial charge in [-0.3, -0.25) is 4.79 Å². The molecule has 0 radical (unpaired) electrons. The van der Waals surface area contributed by atoms with Gasteiger partial charge in [0, 0.05) is 6.54 Å². The second-order valence-corrected chi connectivity index (χ2v) is 5.37. The molecule has 0 saturated carbocycles. The molecular formula is C14H19N3O. The molecule has 0 bridgehead atoms. The van der Waals surface area contributed by atoms with E-state index in [4.69, 9.17) is 11.0 Å². The van der Waals surface area contributed by atoms with E-state index < -0.39 is 6.04 Å².